The molecule has 2 saturated heterocycles. The van der Waals surface area contributed by atoms with Crippen molar-refractivity contribution in [3.63, 3.8) is 0 Å². The van der Waals surface area contributed by atoms with Gasteiger partial charge < -0.3 is 9.80 Å². The van der Waals surface area contributed by atoms with Gasteiger partial charge in [0.25, 0.3) is 10.2 Å². The van der Waals surface area contributed by atoms with Gasteiger partial charge in [-0.25, -0.2) is 0 Å². The molecule has 6 nitrogen and oxygen atoms in total. The highest BCUT2D eigenvalue weighted by Crippen LogP contribution is 2.14. The molecule has 2 aliphatic rings. The maximum Gasteiger partial charge on any atom is 0.281 e. The molecule has 0 aliphatic carbocycles. The number of hydrogen-bond acceptors (Lipinski definition) is 4. The third kappa shape index (κ3) is 4.63. The Morgan fingerprint density at radius 3 is 2.19 bits per heavy atom. The SMILES string of the molecule is CC(CN1CCCC1)CN(C)S(=O)(=O)N1CCN(C)CC1. The standard InChI is InChI=1S/C14H30N4O2S/c1-14(13-17-6-4-5-7-17)12-16(3)21(19,20)18-10-8-15(2)9-11-18/h14H,4-13H2,1-3H3. The number of likely N-dealkylation sites (tertiary alicyclic amines) is 1. The van der Waals surface area contributed by atoms with Gasteiger partial charge in [-0.1, -0.05) is 6.92 Å². The minimum Gasteiger partial charge on any atom is -0.304 e. The molecule has 0 aromatic carbocycles. The first-order valence-corrected chi connectivity index (χ1v) is 9.41. The number of piperazine rings is 1. The second-order valence-corrected chi connectivity index (χ2v) is 8.64. The summed E-state index contributed by atoms with van der Waals surface area (Å²) in [6, 6.07) is 0. The monoisotopic (exact) mass is 318 g/mol. The first kappa shape index (κ1) is 17.1. The summed E-state index contributed by atoms with van der Waals surface area (Å²) in [6.07, 6.45) is 2.56. The average molecular weight is 318 g/mol. The Hall–Kier alpha value is -0.210. The summed E-state index contributed by atoms with van der Waals surface area (Å²) in [6.45, 7) is 8.92. The zero-order chi connectivity index (χ0) is 15.5. The van der Waals surface area contributed by atoms with Crippen molar-refractivity contribution in [2.75, 3.05) is 66.5 Å². The molecule has 2 fully saturated rings. The molecule has 7 heteroatoms. The van der Waals surface area contributed by atoms with E-state index in [0.29, 0.717) is 25.6 Å². The Balaban J connectivity index is 1.84. The van der Waals surface area contributed by atoms with Crippen LogP contribution in [0.1, 0.15) is 19.8 Å². The molecule has 2 rings (SSSR count). The van der Waals surface area contributed by atoms with Crippen molar-refractivity contribution in [1.82, 2.24) is 18.4 Å². The molecule has 0 aromatic rings. The van der Waals surface area contributed by atoms with Crippen molar-refractivity contribution in [2.24, 2.45) is 5.92 Å². The molecule has 0 spiro atoms. The Labute approximate surface area is 129 Å². The van der Waals surface area contributed by atoms with Crippen LogP contribution in [0.25, 0.3) is 0 Å². The van der Waals surface area contributed by atoms with Gasteiger partial charge in [-0.2, -0.15) is 17.0 Å². The van der Waals surface area contributed by atoms with E-state index >= 15 is 0 Å². The molecule has 0 amide bonds. The minimum atomic E-state index is -3.29. The quantitative estimate of drug-likeness (QED) is 0.699. The van der Waals surface area contributed by atoms with Crippen LogP contribution in [0.2, 0.25) is 0 Å². The molecule has 0 radical (unpaired) electrons. The van der Waals surface area contributed by atoms with E-state index < -0.39 is 10.2 Å². The lowest BCUT2D eigenvalue weighted by atomic mass is 10.2. The molecule has 1 atom stereocenters. The van der Waals surface area contributed by atoms with Crippen LogP contribution >= 0.6 is 0 Å². The molecular weight excluding hydrogens is 288 g/mol. The second-order valence-electron chi connectivity index (χ2n) is 6.60. The van der Waals surface area contributed by atoms with Gasteiger partial charge >= 0.3 is 0 Å². The van der Waals surface area contributed by atoms with E-state index in [1.54, 1.807) is 15.7 Å². The van der Waals surface area contributed by atoms with Gasteiger partial charge in [0.05, 0.1) is 0 Å². The predicted octanol–water partition coefficient (Wildman–Crippen LogP) is 0.142. The topological polar surface area (TPSA) is 47.1 Å². The van der Waals surface area contributed by atoms with Crippen LogP contribution in [0.4, 0.5) is 0 Å². The fourth-order valence-electron chi connectivity index (χ4n) is 3.21. The third-order valence-electron chi connectivity index (χ3n) is 4.52. The first-order valence-electron chi connectivity index (χ1n) is 8.02. The molecular formula is C14H30N4O2S. The predicted molar refractivity (Wildman–Crippen MR) is 85.5 cm³/mol. The third-order valence-corrected chi connectivity index (χ3v) is 6.47. The van der Waals surface area contributed by atoms with Crippen LogP contribution in [-0.4, -0.2) is 93.3 Å². The van der Waals surface area contributed by atoms with E-state index in [2.05, 4.69) is 16.7 Å². The summed E-state index contributed by atoms with van der Waals surface area (Å²) in [5.41, 5.74) is 0. The van der Waals surface area contributed by atoms with Crippen LogP contribution in [0.15, 0.2) is 0 Å². The van der Waals surface area contributed by atoms with Gasteiger partial charge in [-0.05, 0) is 38.9 Å². The lowest BCUT2D eigenvalue weighted by Crippen LogP contribution is -2.52. The first-order chi connectivity index (χ1) is 9.89. The smallest absolute Gasteiger partial charge is 0.281 e. The van der Waals surface area contributed by atoms with Gasteiger partial charge in [0.1, 0.15) is 0 Å². The van der Waals surface area contributed by atoms with Gasteiger partial charge in [0, 0.05) is 46.3 Å². The zero-order valence-electron chi connectivity index (χ0n) is 13.7. The van der Waals surface area contributed by atoms with Crippen molar-refractivity contribution in [2.45, 2.75) is 19.8 Å². The normalized spacial score (nSPS) is 24.8. The fraction of sp³-hybridized carbons (Fsp3) is 1.00. The maximum absolute atomic E-state index is 12.6. The molecule has 2 aliphatic heterocycles. The van der Waals surface area contributed by atoms with E-state index in [1.165, 1.54) is 25.9 Å². The number of likely N-dealkylation sites (N-methyl/N-ethyl adjacent to an activating group) is 1. The van der Waals surface area contributed by atoms with Gasteiger partial charge in [-0.15, -0.1) is 0 Å². The molecule has 21 heavy (non-hydrogen) atoms. The molecule has 124 valence electrons. The van der Waals surface area contributed by atoms with E-state index in [9.17, 15) is 8.42 Å². The Morgan fingerprint density at radius 1 is 1.05 bits per heavy atom. The summed E-state index contributed by atoms with van der Waals surface area (Å²) in [7, 11) is 0.457. The highest BCUT2D eigenvalue weighted by atomic mass is 32.2. The van der Waals surface area contributed by atoms with Gasteiger partial charge in [-0.3, -0.25) is 0 Å². The van der Waals surface area contributed by atoms with Crippen LogP contribution in [-0.2, 0) is 10.2 Å². The van der Waals surface area contributed by atoms with Crippen LogP contribution < -0.4 is 0 Å². The van der Waals surface area contributed by atoms with Crippen molar-refractivity contribution in [3.05, 3.63) is 0 Å². The summed E-state index contributed by atoms with van der Waals surface area (Å²) in [4.78, 5) is 4.61. The van der Waals surface area contributed by atoms with Crippen molar-refractivity contribution in [1.29, 1.82) is 0 Å². The molecule has 2 heterocycles. The van der Waals surface area contributed by atoms with Gasteiger partial charge in [0.2, 0.25) is 0 Å². The molecule has 0 bridgehead atoms. The number of hydrogen-bond donors (Lipinski definition) is 0. The number of nitrogens with zero attached hydrogens (tertiary/aromatic N) is 4. The van der Waals surface area contributed by atoms with Crippen LogP contribution in [0.3, 0.4) is 0 Å². The average Bonchev–Trinajstić information content (AvgIpc) is 2.91. The Morgan fingerprint density at radius 2 is 1.62 bits per heavy atom. The lowest BCUT2D eigenvalue weighted by molar-refractivity contribution is 0.208. The summed E-state index contributed by atoms with van der Waals surface area (Å²) in [5.74, 6) is 0.371. The van der Waals surface area contributed by atoms with Crippen molar-refractivity contribution < 1.29 is 8.42 Å². The Bertz CT molecular complexity index is 415. The fourth-order valence-corrected chi connectivity index (χ4v) is 4.67. The van der Waals surface area contributed by atoms with E-state index in [1.807, 2.05) is 7.05 Å². The Kier molecular flexibility index (Phi) is 6.02. The second kappa shape index (κ2) is 7.37. The summed E-state index contributed by atoms with van der Waals surface area (Å²) >= 11 is 0. The molecule has 1 unspecified atom stereocenters. The van der Waals surface area contributed by atoms with Crippen molar-refractivity contribution in [3.8, 4) is 0 Å². The summed E-state index contributed by atoms with van der Waals surface area (Å²) in [5, 5.41) is 0. The van der Waals surface area contributed by atoms with Crippen LogP contribution in [0, 0.1) is 5.92 Å². The van der Waals surface area contributed by atoms with Gasteiger partial charge in [0.15, 0.2) is 0 Å². The van der Waals surface area contributed by atoms with E-state index in [4.69, 9.17) is 0 Å². The molecule has 0 saturated carbocycles. The van der Waals surface area contributed by atoms with Crippen LogP contribution in [0.5, 0.6) is 0 Å². The largest absolute Gasteiger partial charge is 0.304 e. The lowest BCUT2D eigenvalue weighted by Gasteiger charge is -2.35. The van der Waals surface area contributed by atoms with E-state index in [0.717, 1.165) is 19.6 Å². The maximum atomic E-state index is 12.6. The van der Waals surface area contributed by atoms with E-state index in [-0.39, 0.29) is 0 Å². The summed E-state index contributed by atoms with van der Waals surface area (Å²) < 4.78 is 28.3. The number of rotatable bonds is 6. The van der Waals surface area contributed by atoms with Crippen molar-refractivity contribution >= 4 is 10.2 Å². The molecule has 0 aromatic heterocycles. The zero-order valence-corrected chi connectivity index (χ0v) is 14.5. The highest BCUT2D eigenvalue weighted by molar-refractivity contribution is 7.86. The minimum absolute atomic E-state index is 0.371. The highest BCUT2D eigenvalue weighted by Gasteiger charge is 2.30. The molecule has 0 N–H and O–H groups in total.